The van der Waals surface area contributed by atoms with E-state index >= 15 is 0 Å². The number of fused-ring (bicyclic) bond motifs is 4. The summed E-state index contributed by atoms with van der Waals surface area (Å²) in [6, 6.07) is 5.91. The summed E-state index contributed by atoms with van der Waals surface area (Å²) in [6.45, 7) is 6.94. The Balaban J connectivity index is 1.62. The molecule has 24 heavy (non-hydrogen) atoms. The molecule has 0 amide bonds. The highest BCUT2D eigenvalue weighted by molar-refractivity contribution is 6.03. The first-order chi connectivity index (χ1) is 11.7. The molecule has 128 valence electrons. The topological polar surface area (TPSA) is 70.4 Å². The summed E-state index contributed by atoms with van der Waals surface area (Å²) >= 11 is 0. The molecule has 0 aliphatic carbocycles. The van der Waals surface area contributed by atoms with Crippen molar-refractivity contribution in [3.8, 4) is 0 Å². The third-order valence-corrected chi connectivity index (χ3v) is 5.57. The van der Waals surface area contributed by atoms with Crippen LogP contribution in [-0.4, -0.2) is 51.4 Å². The van der Waals surface area contributed by atoms with Crippen LogP contribution in [0.25, 0.3) is 10.9 Å². The lowest BCUT2D eigenvalue weighted by Crippen LogP contribution is -2.55. The van der Waals surface area contributed by atoms with Gasteiger partial charge >= 0.3 is 5.97 Å². The molecular weight excluding hydrogens is 304 g/mol. The van der Waals surface area contributed by atoms with Crippen molar-refractivity contribution in [2.24, 2.45) is 5.92 Å². The highest BCUT2D eigenvalue weighted by Crippen LogP contribution is 2.28. The molecule has 2 bridgehead atoms. The largest absolute Gasteiger partial charge is 0.478 e. The first-order valence-electron chi connectivity index (χ1n) is 8.84. The molecule has 0 radical (unpaired) electrons. The molecule has 1 aromatic carbocycles. The average Bonchev–Trinajstić information content (AvgIpc) is 2.99. The van der Waals surface area contributed by atoms with Crippen molar-refractivity contribution in [1.29, 1.82) is 0 Å². The van der Waals surface area contributed by atoms with Gasteiger partial charge in [-0.2, -0.15) is 5.10 Å². The maximum Gasteiger partial charge on any atom is 0.336 e. The second kappa shape index (κ2) is 6.18. The molecule has 2 aromatic rings. The van der Waals surface area contributed by atoms with Crippen LogP contribution < -0.4 is 5.32 Å². The standard InChI is InChI=1S/C18H24N4O2/c1-2-22-16-5-3-4-13(18(23)24)17(16)14(20-22)10-19-15-11-21-8-6-12(15)7-9-21/h3-5,12,15,19H,2,6-11H2,1H3,(H,23,24)/t15-/m1/s1. The molecule has 6 heteroatoms. The van der Waals surface area contributed by atoms with Gasteiger partial charge < -0.3 is 15.3 Å². The normalized spacial score (nSPS) is 26.1. The van der Waals surface area contributed by atoms with Gasteiger partial charge in [-0.15, -0.1) is 0 Å². The molecule has 3 aliphatic heterocycles. The first kappa shape index (κ1) is 15.6. The van der Waals surface area contributed by atoms with Gasteiger partial charge in [-0.05, 0) is 50.9 Å². The van der Waals surface area contributed by atoms with Gasteiger partial charge in [-0.3, -0.25) is 4.68 Å². The van der Waals surface area contributed by atoms with E-state index in [1.807, 2.05) is 17.7 Å². The molecule has 3 saturated heterocycles. The SMILES string of the molecule is CCn1nc(CN[C@@H]2CN3CCC2CC3)c2c(C(=O)O)cccc21. The van der Waals surface area contributed by atoms with Crippen molar-refractivity contribution in [1.82, 2.24) is 20.0 Å². The zero-order valence-electron chi connectivity index (χ0n) is 14.0. The number of aromatic carboxylic acids is 1. The second-order valence-corrected chi connectivity index (χ2v) is 6.89. The van der Waals surface area contributed by atoms with E-state index in [4.69, 9.17) is 0 Å². The minimum absolute atomic E-state index is 0.345. The fraction of sp³-hybridized carbons (Fsp3) is 0.556. The molecular formula is C18H24N4O2. The van der Waals surface area contributed by atoms with E-state index < -0.39 is 5.97 Å². The molecule has 1 aromatic heterocycles. The third kappa shape index (κ3) is 2.59. The number of carboxylic acid groups (broad SMARTS) is 1. The number of piperidine rings is 3. The molecule has 0 spiro atoms. The van der Waals surface area contributed by atoms with Crippen LogP contribution in [0.3, 0.4) is 0 Å². The summed E-state index contributed by atoms with van der Waals surface area (Å²) < 4.78 is 1.90. The lowest BCUT2D eigenvalue weighted by Gasteiger charge is -2.45. The summed E-state index contributed by atoms with van der Waals surface area (Å²) in [5, 5.41) is 18.6. The van der Waals surface area contributed by atoms with Gasteiger partial charge in [0.05, 0.1) is 16.8 Å². The number of carboxylic acids is 1. The summed E-state index contributed by atoms with van der Waals surface area (Å²) in [4.78, 5) is 14.1. The van der Waals surface area contributed by atoms with Gasteiger partial charge in [0.25, 0.3) is 0 Å². The maximum absolute atomic E-state index is 11.6. The molecule has 0 unspecified atom stereocenters. The Morgan fingerprint density at radius 2 is 2.17 bits per heavy atom. The Hall–Kier alpha value is -1.92. The minimum Gasteiger partial charge on any atom is -0.478 e. The van der Waals surface area contributed by atoms with E-state index in [0.717, 1.165) is 35.6 Å². The van der Waals surface area contributed by atoms with E-state index in [0.29, 0.717) is 18.2 Å². The molecule has 4 heterocycles. The average molecular weight is 328 g/mol. The van der Waals surface area contributed by atoms with E-state index in [-0.39, 0.29) is 0 Å². The van der Waals surface area contributed by atoms with Crippen LogP contribution in [0, 0.1) is 5.92 Å². The van der Waals surface area contributed by atoms with Crippen molar-refractivity contribution < 1.29 is 9.90 Å². The predicted octanol–water partition coefficient (Wildman–Crippen LogP) is 1.94. The summed E-state index contributed by atoms with van der Waals surface area (Å²) in [6.07, 6.45) is 2.53. The minimum atomic E-state index is -0.889. The zero-order chi connectivity index (χ0) is 16.7. The number of aromatic nitrogens is 2. The van der Waals surface area contributed by atoms with Gasteiger partial charge in [0.2, 0.25) is 0 Å². The second-order valence-electron chi connectivity index (χ2n) is 6.89. The number of nitrogens with one attached hydrogen (secondary N) is 1. The quantitative estimate of drug-likeness (QED) is 0.878. The summed E-state index contributed by atoms with van der Waals surface area (Å²) in [5.41, 5.74) is 2.10. The number of hydrogen-bond acceptors (Lipinski definition) is 4. The fourth-order valence-corrected chi connectivity index (χ4v) is 4.28. The van der Waals surface area contributed by atoms with Crippen molar-refractivity contribution in [3.05, 3.63) is 29.5 Å². The van der Waals surface area contributed by atoms with E-state index in [1.165, 1.54) is 25.9 Å². The van der Waals surface area contributed by atoms with Crippen molar-refractivity contribution in [2.75, 3.05) is 19.6 Å². The first-order valence-corrected chi connectivity index (χ1v) is 8.84. The van der Waals surface area contributed by atoms with Gasteiger partial charge in [-0.1, -0.05) is 6.07 Å². The molecule has 6 nitrogen and oxygen atoms in total. The Kier molecular flexibility index (Phi) is 4.02. The third-order valence-electron chi connectivity index (χ3n) is 5.57. The molecule has 2 N–H and O–H groups in total. The number of aryl methyl sites for hydroxylation is 1. The number of benzene rings is 1. The van der Waals surface area contributed by atoms with Crippen LogP contribution in [0.2, 0.25) is 0 Å². The highest BCUT2D eigenvalue weighted by Gasteiger charge is 2.33. The van der Waals surface area contributed by atoms with Crippen LogP contribution in [-0.2, 0) is 13.1 Å². The molecule has 0 saturated carbocycles. The molecule has 3 fully saturated rings. The van der Waals surface area contributed by atoms with Crippen LogP contribution in [0.1, 0.15) is 35.8 Å². The Labute approximate surface area is 141 Å². The fourth-order valence-electron chi connectivity index (χ4n) is 4.28. The van der Waals surface area contributed by atoms with Crippen molar-refractivity contribution in [2.45, 2.75) is 38.9 Å². The van der Waals surface area contributed by atoms with Crippen LogP contribution >= 0.6 is 0 Å². The van der Waals surface area contributed by atoms with Crippen LogP contribution in [0.5, 0.6) is 0 Å². The van der Waals surface area contributed by atoms with Crippen molar-refractivity contribution >= 4 is 16.9 Å². The van der Waals surface area contributed by atoms with Gasteiger partial charge in [0, 0.05) is 31.1 Å². The smallest absolute Gasteiger partial charge is 0.336 e. The lowest BCUT2D eigenvalue weighted by molar-refractivity contribution is 0.0698. The predicted molar refractivity (Wildman–Crippen MR) is 92.2 cm³/mol. The van der Waals surface area contributed by atoms with E-state index in [1.54, 1.807) is 12.1 Å². The highest BCUT2D eigenvalue weighted by atomic mass is 16.4. The summed E-state index contributed by atoms with van der Waals surface area (Å²) in [5.74, 6) is -0.145. The number of hydrogen-bond donors (Lipinski definition) is 2. The maximum atomic E-state index is 11.6. The van der Waals surface area contributed by atoms with Gasteiger partial charge in [-0.25, -0.2) is 4.79 Å². The molecule has 3 aliphatic rings. The zero-order valence-corrected chi connectivity index (χ0v) is 14.0. The van der Waals surface area contributed by atoms with Gasteiger partial charge in [0.1, 0.15) is 0 Å². The van der Waals surface area contributed by atoms with Crippen LogP contribution in [0.4, 0.5) is 0 Å². The Morgan fingerprint density at radius 3 is 2.79 bits per heavy atom. The van der Waals surface area contributed by atoms with E-state index in [9.17, 15) is 9.90 Å². The lowest BCUT2D eigenvalue weighted by atomic mass is 9.84. The summed E-state index contributed by atoms with van der Waals surface area (Å²) in [7, 11) is 0. The van der Waals surface area contributed by atoms with Gasteiger partial charge in [0.15, 0.2) is 0 Å². The van der Waals surface area contributed by atoms with E-state index in [2.05, 4.69) is 15.3 Å². The molecule has 1 atom stereocenters. The Morgan fingerprint density at radius 1 is 1.38 bits per heavy atom. The Bertz CT molecular complexity index is 762. The monoisotopic (exact) mass is 328 g/mol. The van der Waals surface area contributed by atoms with Crippen LogP contribution in [0.15, 0.2) is 18.2 Å². The molecule has 5 rings (SSSR count). The number of carbonyl (C=O) groups is 1. The number of rotatable bonds is 5. The number of nitrogens with zero attached hydrogens (tertiary/aromatic N) is 3. The van der Waals surface area contributed by atoms with Crippen molar-refractivity contribution in [3.63, 3.8) is 0 Å².